The molecule has 0 saturated heterocycles. The number of hydrogen-bond donors (Lipinski definition) is 1. The summed E-state index contributed by atoms with van der Waals surface area (Å²) in [7, 11) is 1.54. The zero-order valence-electron chi connectivity index (χ0n) is 16.5. The zero-order chi connectivity index (χ0) is 22.0. The summed E-state index contributed by atoms with van der Waals surface area (Å²) in [4.78, 5) is 38.6. The summed E-state index contributed by atoms with van der Waals surface area (Å²) in [6.45, 7) is -0.520. The third-order valence-electron chi connectivity index (χ3n) is 4.80. The Kier molecular flexibility index (Phi) is 5.68. The van der Waals surface area contributed by atoms with Gasteiger partial charge in [-0.25, -0.2) is 9.18 Å². The number of benzene rings is 2. The van der Waals surface area contributed by atoms with Crippen LogP contribution < -0.4 is 21.3 Å². The van der Waals surface area contributed by atoms with Gasteiger partial charge in [-0.05, 0) is 41.8 Å². The highest BCUT2D eigenvalue weighted by Crippen LogP contribution is 2.17. The van der Waals surface area contributed by atoms with Gasteiger partial charge in [-0.2, -0.15) is 0 Å². The van der Waals surface area contributed by atoms with Crippen LogP contribution in [0.15, 0.2) is 69.6 Å². The van der Waals surface area contributed by atoms with Gasteiger partial charge in [0.15, 0.2) is 0 Å². The average molecular weight is 439 g/mol. The highest BCUT2D eigenvalue weighted by atomic mass is 32.1. The maximum absolute atomic E-state index is 14.1. The van der Waals surface area contributed by atoms with Crippen LogP contribution in [0.3, 0.4) is 0 Å². The van der Waals surface area contributed by atoms with Crippen molar-refractivity contribution in [1.82, 2.24) is 9.13 Å². The first-order chi connectivity index (χ1) is 15.0. The quantitative estimate of drug-likeness (QED) is 0.501. The fourth-order valence-corrected chi connectivity index (χ4v) is 4.08. The van der Waals surface area contributed by atoms with Gasteiger partial charge >= 0.3 is 5.69 Å². The lowest BCUT2D eigenvalue weighted by molar-refractivity contribution is -0.116. The molecule has 31 heavy (non-hydrogen) atoms. The van der Waals surface area contributed by atoms with Crippen LogP contribution >= 0.6 is 11.3 Å². The Morgan fingerprint density at radius 3 is 2.52 bits per heavy atom. The lowest BCUT2D eigenvalue weighted by atomic mass is 10.2. The van der Waals surface area contributed by atoms with Crippen molar-refractivity contribution in [2.45, 2.75) is 13.1 Å². The first-order valence-electron chi connectivity index (χ1n) is 9.36. The molecule has 158 valence electrons. The number of carbonyl (C=O) groups is 1. The number of methoxy groups -OCH3 is 1. The number of amides is 1. The number of fused-ring (bicyclic) bond motifs is 1. The molecule has 0 radical (unpaired) electrons. The van der Waals surface area contributed by atoms with E-state index in [0.29, 0.717) is 21.7 Å². The van der Waals surface area contributed by atoms with Crippen LogP contribution in [0.1, 0.15) is 5.56 Å². The summed E-state index contributed by atoms with van der Waals surface area (Å²) >= 11 is 1.17. The molecule has 0 unspecified atom stereocenters. The zero-order valence-corrected chi connectivity index (χ0v) is 17.3. The van der Waals surface area contributed by atoms with Gasteiger partial charge in [0.2, 0.25) is 5.91 Å². The van der Waals surface area contributed by atoms with Gasteiger partial charge in [0, 0.05) is 11.3 Å². The summed E-state index contributed by atoms with van der Waals surface area (Å²) in [5, 5.41) is 4.40. The monoisotopic (exact) mass is 439 g/mol. The van der Waals surface area contributed by atoms with Crippen LogP contribution in [0.2, 0.25) is 0 Å². The van der Waals surface area contributed by atoms with Crippen molar-refractivity contribution in [2.75, 3.05) is 12.4 Å². The molecule has 9 heteroatoms. The molecule has 0 fully saturated rings. The first kappa shape index (κ1) is 20.5. The second-order valence-corrected chi connectivity index (χ2v) is 7.68. The highest BCUT2D eigenvalue weighted by Gasteiger charge is 2.17. The Balaban J connectivity index is 1.69. The number of hydrogen-bond acceptors (Lipinski definition) is 5. The van der Waals surface area contributed by atoms with Crippen molar-refractivity contribution in [2.24, 2.45) is 0 Å². The van der Waals surface area contributed by atoms with Gasteiger partial charge in [0.25, 0.3) is 5.56 Å². The molecule has 0 aliphatic rings. The number of carbonyl (C=O) groups excluding carboxylic acids is 1. The minimum absolute atomic E-state index is 0.215. The third kappa shape index (κ3) is 4.13. The SMILES string of the molecule is COc1ccc(NC(=O)Cn2c(=O)n(Cc3ccccc3F)c(=O)c3sccc32)cc1. The molecule has 0 bridgehead atoms. The Bertz CT molecular complexity index is 1370. The van der Waals surface area contributed by atoms with Crippen LogP contribution in [0.4, 0.5) is 10.1 Å². The summed E-state index contributed by atoms with van der Waals surface area (Å²) < 4.78 is 21.7. The number of anilines is 1. The maximum Gasteiger partial charge on any atom is 0.332 e. The number of rotatable bonds is 6. The third-order valence-corrected chi connectivity index (χ3v) is 5.69. The smallest absolute Gasteiger partial charge is 0.332 e. The van der Waals surface area contributed by atoms with E-state index in [1.165, 1.54) is 34.1 Å². The molecule has 0 saturated carbocycles. The van der Waals surface area contributed by atoms with Crippen molar-refractivity contribution >= 4 is 33.1 Å². The van der Waals surface area contributed by atoms with Crippen molar-refractivity contribution in [3.8, 4) is 5.75 Å². The summed E-state index contributed by atoms with van der Waals surface area (Å²) in [6, 6.07) is 14.3. The molecule has 2 aromatic heterocycles. The van der Waals surface area contributed by atoms with E-state index >= 15 is 0 Å². The highest BCUT2D eigenvalue weighted by molar-refractivity contribution is 7.17. The van der Waals surface area contributed by atoms with E-state index in [-0.39, 0.29) is 18.7 Å². The molecule has 2 aromatic carbocycles. The molecule has 0 atom stereocenters. The fraction of sp³-hybridized carbons (Fsp3) is 0.136. The molecule has 1 amide bonds. The van der Waals surface area contributed by atoms with Gasteiger partial charge in [-0.1, -0.05) is 18.2 Å². The lowest BCUT2D eigenvalue weighted by Crippen LogP contribution is -2.41. The van der Waals surface area contributed by atoms with Crippen molar-refractivity contribution < 1.29 is 13.9 Å². The van der Waals surface area contributed by atoms with E-state index < -0.39 is 23.0 Å². The van der Waals surface area contributed by atoms with Crippen molar-refractivity contribution in [3.63, 3.8) is 0 Å². The number of aromatic nitrogens is 2. The second kappa shape index (κ2) is 8.57. The molecule has 2 heterocycles. The number of ether oxygens (including phenoxy) is 1. The summed E-state index contributed by atoms with van der Waals surface area (Å²) in [5.41, 5.74) is -0.0595. The Morgan fingerprint density at radius 1 is 1.06 bits per heavy atom. The van der Waals surface area contributed by atoms with E-state index in [1.54, 1.807) is 48.9 Å². The minimum Gasteiger partial charge on any atom is -0.497 e. The second-order valence-electron chi connectivity index (χ2n) is 6.76. The molecular formula is C22H18FN3O4S. The predicted octanol–water partition coefficient (Wildman–Crippen LogP) is 3.06. The van der Waals surface area contributed by atoms with Gasteiger partial charge in [0.1, 0.15) is 22.8 Å². The average Bonchev–Trinajstić information content (AvgIpc) is 3.26. The molecule has 7 nitrogen and oxygen atoms in total. The molecule has 4 rings (SSSR count). The minimum atomic E-state index is -0.677. The Morgan fingerprint density at radius 2 is 1.81 bits per heavy atom. The predicted molar refractivity (Wildman–Crippen MR) is 117 cm³/mol. The van der Waals surface area contributed by atoms with Crippen LogP contribution in [0.25, 0.3) is 10.2 Å². The van der Waals surface area contributed by atoms with E-state index in [0.717, 1.165) is 4.57 Å². The summed E-state index contributed by atoms with van der Waals surface area (Å²) in [5.74, 6) is -0.297. The molecule has 0 aliphatic heterocycles. The molecule has 4 aromatic rings. The molecule has 0 spiro atoms. The normalized spacial score (nSPS) is 10.9. The van der Waals surface area contributed by atoms with Gasteiger partial charge < -0.3 is 10.1 Å². The van der Waals surface area contributed by atoms with Crippen molar-refractivity contribution in [1.29, 1.82) is 0 Å². The first-order valence-corrected chi connectivity index (χ1v) is 10.2. The van der Waals surface area contributed by atoms with Crippen molar-refractivity contribution in [3.05, 3.63) is 92.2 Å². The number of nitrogens with one attached hydrogen (secondary N) is 1. The van der Waals surface area contributed by atoms with Gasteiger partial charge in [0.05, 0.1) is 19.2 Å². The lowest BCUT2D eigenvalue weighted by Gasteiger charge is -2.13. The van der Waals surface area contributed by atoms with Gasteiger partial charge in [-0.15, -0.1) is 11.3 Å². The Labute approximate surface area is 180 Å². The van der Waals surface area contributed by atoms with Crippen LogP contribution in [-0.2, 0) is 17.9 Å². The number of thiophene rings is 1. The Hall–Kier alpha value is -3.72. The standard InChI is InChI=1S/C22H18FN3O4S/c1-30-16-8-6-15(7-9-16)24-19(27)13-25-18-10-11-31-20(18)21(28)26(22(25)29)12-14-4-2-3-5-17(14)23/h2-11H,12-13H2,1H3,(H,24,27). The molecule has 0 aliphatic carbocycles. The largest absolute Gasteiger partial charge is 0.497 e. The topological polar surface area (TPSA) is 82.3 Å². The van der Waals surface area contributed by atoms with Crippen LogP contribution in [0.5, 0.6) is 5.75 Å². The van der Waals surface area contributed by atoms with Gasteiger partial charge in [-0.3, -0.25) is 18.7 Å². The van der Waals surface area contributed by atoms with Crippen LogP contribution in [0, 0.1) is 5.82 Å². The summed E-state index contributed by atoms with van der Waals surface area (Å²) in [6.07, 6.45) is 0. The van der Waals surface area contributed by atoms with E-state index in [1.807, 2.05) is 0 Å². The van der Waals surface area contributed by atoms with E-state index in [9.17, 15) is 18.8 Å². The van der Waals surface area contributed by atoms with E-state index in [4.69, 9.17) is 4.74 Å². The number of halogens is 1. The number of nitrogens with zero attached hydrogens (tertiary/aromatic N) is 2. The fourth-order valence-electron chi connectivity index (χ4n) is 3.24. The molecular weight excluding hydrogens is 421 g/mol. The van der Waals surface area contributed by atoms with E-state index in [2.05, 4.69) is 5.32 Å². The maximum atomic E-state index is 14.1. The van der Waals surface area contributed by atoms with Crippen LogP contribution in [-0.4, -0.2) is 22.2 Å². The molecule has 1 N–H and O–H groups in total.